The van der Waals surface area contributed by atoms with Gasteiger partial charge in [0.15, 0.2) is 9.84 Å². The average Bonchev–Trinajstić information content (AvgIpc) is 3.05. The van der Waals surface area contributed by atoms with Gasteiger partial charge in [0.05, 0.1) is 17.4 Å². The van der Waals surface area contributed by atoms with Crippen molar-refractivity contribution in [1.29, 1.82) is 0 Å². The van der Waals surface area contributed by atoms with E-state index >= 15 is 0 Å². The minimum atomic E-state index is -3.18. The highest BCUT2D eigenvalue weighted by molar-refractivity contribution is 7.92. The predicted octanol–water partition coefficient (Wildman–Crippen LogP) is 1.63. The van der Waals surface area contributed by atoms with Crippen LogP contribution in [0.1, 0.15) is 30.9 Å². The van der Waals surface area contributed by atoms with Gasteiger partial charge in [0.25, 0.3) is 0 Å². The van der Waals surface area contributed by atoms with Crippen molar-refractivity contribution >= 4 is 9.84 Å². The quantitative estimate of drug-likeness (QED) is 0.866. The highest BCUT2D eigenvalue weighted by Gasteiger charge is 2.68. The molecule has 0 amide bonds. The van der Waals surface area contributed by atoms with Gasteiger partial charge in [-0.1, -0.05) is 36.8 Å². The summed E-state index contributed by atoms with van der Waals surface area (Å²) in [4.78, 5) is 0. The third-order valence-corrected chi connectivity index (χ3v) is 6.37. The van der Waals surface area contributed by atoms with Crippen molar-refractivity contribution in [1.82, 2.24) is 0 Å². The van der Waals surface area contributed by atoms with Gasteiger partial charge in [-0.3, -0.25) is 0 Å². The van der Waals surface area contributed by atoms with Crippen LogP contribution in [0.4, 0.5) is 0 Å². The topological polar surface area (TPSA) is 69.4 Å². The minimum absolute atomic E-state index is 0.116. The summed E-state index contributed by atoms with van der Waals surface area (Å²) in [5.41, 5.74) is 7.69. The van der Waals surface area contributed by atoms with Gasteiger partial charge in [-0.2, -0.15) is 0 Å². The third kappa shape index (κ3) is 2.62. The number of hydrogen-bond donors (Lipinski definition) is 1. The lowest BCUT2D eigenvalue weighted by Gasteiger charge is -2.12. The summed E-state index contributed by atoms with van der Waals surface area (Å²) >= 11 is 0. The van der Waals surface area contributed by atoms with E-state index in [0.29, 0.717) is 6.61 Å². The van der Waals surface area contributed by atoms with E-state index in [2.05, 4.69) is 0 Å². The SMILES string of the molecule is CCOC[C@]1(N)[C@H](c2ccc(C)cc2)[C@@H]1S(=O)(=O)CC. The Kier molecular flexibility index (Phi) is 4.23. The van der Waals surface area contributed by atoms with Crippen LogP contribution in [0.15, 0.2) is 24.3 Å². The van der Waals surface area contributed by atoms with E-state index in [1.165, 1.54) is 0 Å². The molecule has 1 aromatic carbocycles. The number of ether oxygens (including phenoxy) is 1. The molecule has 20 heavy (non-hydrogen) atoms. The van der Waals surface area contributed by atoms with Crippen LogP contribution in [0, 0.1) is 6.92 Å². The molecule has 5 heteroatoms. The lowest BCUT2D eigenvalue weighted by atomic mass is 10.1. The molecule has 0 radical (unpaired) electrons. The Morgan fingerprint density at radius 2 is 1.85 bits per heavy atom. The Morgan fingerprint density at radius 3 is 2.35 bits per heavy atom. The maximum absolute atomic E-state index is 12.3. The fourth-order valence-corrected chi connectivity index (χ4v) is 4.84. The monoisotopic (exact) mass is 297 g/mol. The number of rotatable bonds is 6. The van der Waals surface area contributed by atoms with Crippen molar-refractivity contribution in [3.05, 3.63) is 35.4 Å². The molecule has 0 aliphatic heterocycles. The van der Waals surface area contributed by atoms with Crippen molar-refractivity contribution in [2.75, 3.05) is 19.0 Å². The average molecular weight is 297 g/mol. The highest BCUT2D eigenvalue weighted by Crippen LogP contribution is 2.54. The molecule has 1 aliphatic carbocycles. The minimum Gasteiger partial charge on any atom is -0.380 e. The van der Waals surface area contributed by atoms with Crippen LogP contribution < -0.4 is 5.73 Å². The summed E-state index contributed by atoms with van der Waals surface area (Å²) in [6.45, 7) is 6.38. The number of nitrogens with two attached hydrogens (primary N) is 1. The first-order valence-electron chi connectivity index (χ1n) is 7.01. The molecule has 0 heterocycles. The second-order valence-corrected chi connectivity index (χ2v) is 7.92. The Hall–Kier alpha value is -0.910. The van der Waals surface area contributed by atoms with E-state index in [-0.39, 0.29) is 18.3 Å². The zero-order valence-corrected chi connectivity index (χ0v) is 13.1. The number of aryl methyl sites for hydroxylation is 1. The van der Waals surface area contributed by atoms with Crippen LogP contribution in [0.5, 0.6) is 0 Å². The standard InChI is InChI=1S/C15H23NO3S/c1-4-19-10-15(16)13(14(15)20(17,18)5-2)12-8-6-11(3)7-9-12/h6-9,13-14H,4-5,10,16H2,1-3H3/t13-,14+,15+/m1/s1. The summed E-state index contributed by atoms with van der Waals surface area (Å²) in [7, 11) is -3.18. The smallest absolute Gasteiger partial charge is 0.155 e. The summed E-state index contributed by atoms with van der Waals surface area (Å²) in [6, 6.07) is 7.92. The molecule has 0 aromatic heterocycles. The molecule has 2 N–H and O–H groups in total. The normalized spacial score (nSPS) is 29.4. The van der Waals surface area contributed by atoms with E-state index in [1.54, 1.807) is 6.92 Å². The van der Waals surface area contributed by atoms with Gasteiger partial charge in [0.1, 0.15) is 0 Å². The van der Waals surface area contributed by atoms with Gasteiger partial charge in [0, 0.05) is 18.3 Å². The maximum atomic E-state index is 12.3. The molecule has 0 saturated heterocycles. The van der Waals surface area contributed by atoms with Crippen LogP contribution in [-0.2, 0) is 14.6 Å². The third-order valence-electron chi connectivity index (χ3n) is 4.08. The molecule has 0 unspecified atom stereocenters. The fourth-order valence-electron chi connectivity index (χ4n) is 2.85. The van der Waals surface area contributed by atoms with Crippen molar-refractivity contribution in [2.45, 2.75) is 37.5 Å². The Balaban J connectivity index is 2.32. The van der Waals surface area contributed by atoms with Gasteiger partial charge < -0.3 is 10.5 Å². The first-order valence-corrected chi connectivity index (χ1v) is 8.73. The largest absolute Gasteiger partial charge is 0.380 e. The molecular weight excluding hydrogens is 274 g/mol. The second-order valence-electron chi connectivity index (χ2n) is 5.51. The molecule has 1 aliphatic rings. The zero-order chi connectivity index (χ0) is 15.0. The Labute approximate surface area is 121 Å². The van der Waals surface area contributed by atoms with Gasteiger partial charge >= 0.3 is 0 Å². The lowest BCUT2D eigenvalue weighted by Crippen LogP contribution is -2.36. The summed E-state index contributed by atoms with van der Waals surface area (Å²) in [6.07, 6.45) is 0. The van der Waals surface area contributed by atoms with Crippen molar-refractivity contribution in [3.8, 4) is 0 Å². The van der Waals surface area contributed by atoms with Crippen LogP contribution >= 0.6 is 0 Å². The predicted molar refractivity (Wildman–Crippen MR) is 80.6 cm³/mol. The van der Waals surface area contributed by atoms with Crippen molar-refractivity contribution in [2.24, 2.45) is 5.73 Å². The molecule has 2 rings (SSSR count). The molecular formula is C15H23NO3S. The first kappa shape index (κ1) is 15.5. The van der Waals surface area contributed by atoms with E-state index in [0.717, 1.165) is 11.1 Å². The molecule has 4 nitrogen and oxygen atoms in total. The van der Waals surface area contributed by atoms with Gasteiger partial charge in [0.2, 0.25) is 0 Å². The highest BCUT2D eigenvalue weighted by atomic mass is 32.2. The van der Waals surface area contributed by atoms with Gasteiger partial charge in [-0.25, -0.2) is 8.42 Å². The van der Waals surface area contributed by atoms with E-state index in [9.17, 15) is 8.42 Å². The molecule has 1 fully saturated rings. The van der Waals surface area contributed by atoms with Crippen LogP contribution in [-0.4, -0.2) is 38.2 Å². The van der Waals surface area contributed by atoms with Gasteiger partial charge in [-0.15, -0.1) is 0 Å². The van der Waals surface area contributed by atoms with E-state index in [1.807, 2.05) is 38.1 Å². The van der Waals surface area contributed by atoms with E-state index < -0.39 is 20.6 Å². The summed E-state index contributed by atoms with van der Waals surface area (Å²) < 4.78 is 29.9. The number of benzene rings is 1. The second kappa shape index (κ2) is 5.47. The first-order chi connectivity index (χ1) is 9.36. The fraction of sp³-hybridized carbons (Fsp3) is 0.600. The molecule has 1 saturated carbocycles. The van der Waals surface area contributed by atoms with Crippen molar-refractivity contribution < 1.29 is 13.2 Å². The number of sulfone groups is 1. The Morgan fingerprint density at radius 1 is 1.25 bits per heavy atom. The van der Waals surface area contributed by atoms with Crippen LogP contribution in [0.3, 0.4) is 0 Å². The van der Waals surface area contributed by atoms with Crippen molar-refractivity contribution in [3.63, 3.8) is 0 Å². The van der Waals surface area contributed by atoms with Crippen LogP contribution in [0.25, 0.3) is 0 Å². The summed E-state index contributed by atoms with van der Waals surface area (Å²) in [5, 5.41) is -0.533. The molecule has 1 aromatic rings. The number of hydrogen-bond acceptors (Lipinski definition) is 4. The van der Waals surface area contributed by atoms with Gasteiger partial charge in [-0.05, 0) is 19.4 Å². The Bertz CT molecular complexity index is 567. The lowest BCUT2D eigenvalue weighted by molar-refractivity contribution is 0.125. The molecule has 3 atom stereocenters. The summed E-state index contributed by atoms with van der Waals surface area (Å²) in [5.74, 6) is -0.0509. The molecule has 0 bridgehead atoms. The zero-order valence-electron chi connectivity index (χ0n) is 12.3. The molecule has 0 spiro atoms. The van der Waals surface area contributed by atoms with Crippen LogP contribution in [0.2, 0.25) is 0 Å². The maximum Gasteiger partial charge on any atom is 0.155 e. The molecule has 112 valence electrons. The van der Waals surface area contributed by atoms with E-state index in [4.69, 9.17) is 10.5 Å².